The van der Waals surface area contributed by atoms with E-state index in [9.17, 15) is 18.0 Å². The third-order valence-electron chi connectivity index (χ3n) is 5.85. The minimum Gasteiger partial charge on any atom is -0.347 e. The van der Waals surface area contributed by atoms with Crippen molar-refractivity contribution < 1.29 is 18.0 Å². The molecule has 7 nitrogen and oxygen atoms in total. The van der Waals surface area contributed by atoms with Crippen LogP contribution in [0.1, 0.15) is 36.8 Å². The van der Waals surface area contributed by atoms with Gasteiger partial charge in [0.1, 0.15) is 0 Å². The Bertz CT molecular complexity index is 839. The number of amides is 2. The summed E-state index contributed by atoms with van der Waals surface area (Å²) < 4.78 is 27.1. The van der Waals surface area contributed by atoms with Gasteiger partial charge in [-0.25, -0.2) is 8.42 Å². The van der Waals surface area contributed by atoms with Crippen LogP contribution in [0.25, 0.3) is 0 Å². The zero-order valence-electron chi connectivity index (χ0n) is 16.6. The first kappa shape index (κ1) is 20.8. The molecule has 0 bridgehead atoms. The van der Waals surface area contributed by atoms with Gasteiger partial charge in [0.15, 0.2) is 0 Å². The van der Waals surface area contributed by atoms with Crippen molar-refractivity contribution in [1.82, 2.24) is 14.5 Å². The van der Waals surface area contributed by atoms with Gasteiger partial charge in [0, 0.05) is 32.1 Å². The van der Waals surface area contributed by atoms with E-state index in [2.05, 4.69) is 5.32 Å². The highest BCUT2D eigenvalue weighted by atomic mass is 32.2. The van der Waals surface area contributed by atoms with Crippen LogP contribution in [0.2, 0.25) is 0 Å². The van der Waals surface area contributed by atoms with Crippen LogP contribution in [-0.4, -0.2) is 62.2 Å². The van der Waals surface area contributed by atoms with Crippen molar-refractivity contribution in [2.75, 3.05) is 32.7 Å². The van der Waals surface area contributed by atoms with Crippen molar-refractivity contribution in [3.63, 3.8) is 0 Å². The van der Waals surface area contributed by atoms with Crippen molar-refractivity contribution in [2.45, 2.75) is 44.4 Å². The van der Waals surface area contributed by atoms with Crippen LogP contribution in [0.5, 0.6) is 0 Å². The molecule has 1 heterocycles. The highest BCUT2D eigenvalue weighted by Gasteiger charge is 2.30. The second-order valence-electron chi connectivity index (χ2n) is 7.73. The van der Waals surface area contributed by atoms with Crippen molar-refractivity contribution in [3.05, 3.63) is 29.3 Å². The van der Waals surface area contributed by atoms with Gasteiger partial charge in [-0.3, -0.25) is 9.59 Å². The maximum absolute atomic E-state index is 12.9. The highest BCUT2D eigenvalue weighted by molar-refractivity contribution is 7.89. The van der Waals surface area contributed by atoms with Gasteiger partial charge in [-0.2, -0.15) is 4.31 Å². The van der Waals surface area contributed by atoms with E-state index >= 15 is 0 Å². The predicted octanol–water partition coefficient (Wildman–Crippen LogP) is 1.44. The summed E-state index contributed by atoms with van der Waals surface area (Å²) in [5.74, 6) is -0.163. The van der Waals surface area contributed by atoms with Crippen LogP contribution < -0.4 is 5.32 Å². The third-order valence-corrected chi connectivity index (χ3v) is 7.74. The van der Waals surface area contributed by atoms with Crippen molar-refractivity contribution in [2.24, 2.45) is 5.92 Å². The molecular weight excluding hydrogens is 378 g/mol. The molecule has 0 spiro atoms. The second kappa shape index (κ2) is 8.61. The number of piperazine rings is 1. The number of hydrogen-bond acceptors (Lipinski definition) is 4. The molecule has 2 amide bonds. The molecule has 1 aromatic rings. The van der Waals surface area contributed by atoms with Crippen LogP contribution >= 0.6 is 0 Å². The Balaban J connectivity index is 1.52. The van der Waals surface area contributed by atoms with Gasteiger partial charge in [-0.1, -0.05) is 18.9 Å². The fourth-order valence-electron chi connectivity index (χ4n) is 3.81. The van der Waals surface area contributed by atoms with E-state index < -0.39 is 10.0 Å². The summed E-state index contributed by atoms with van der Waals surface area (Å²) in [6, 6.07) is 5.14. The quantitative estimate of drug-likeness (QED) is 0.800. The van der Waals surface area contributed by atoms with E-state index in [1.165, 1.54) is 4.31 Å². The van der Waals surface area contributed by atoms with Crippen LogP contribution in [-0.2, 0) is 19.6 Å². The fourth-order valence-corrected chi connectivity index (χ4v) is 5.32. The maximum Gasteiger partial charge on any atom is 0.243 e. The Morgan fingerprint density at radius 2 is 1.68 bits per heavy atom. The maximum atomic E-state index is 12.9. The summed E-state index contributed by atoms with van der Waals surface area (Å²) in [6.45, 7) is 5.02. The summed E-state index contributed by atoms with van der Waals surface area (Å²) in [4.78, 5) is 26.3. The van der Waals surface area contributed by atoms with E-state index in [0.717, 1.165) is 36.8 Å². The zero-order chi connectivity index (χ0) is 20.3. The first-order valence-corrected chi connectivity index (χ1v) is 11.4. The number of aryl methyl sites for hydroxylation is 2. The van der Waals surface area contributed by atoms with Gasteiger partial charge < -0.3 is 10.2 Å². The number of nitrogens with zero attached hydrogens (tertiary/aromatic N) is 2. The number of hydrogen-bond donors (Lipinski definition) is 1. The number of carbonyl (C=O) groups excluding carboxylic acids is 2. The van der Waals surface area contributed by atoms with E-state index in [1.807, 2.05) is 19.9 Å². The van der Waals surface area contributed by atoms with Gasteiger partial charge in [-0.15, -0.1) is 0 Å². The number of rotatable bonds is 5. The molecule has 0 aromatic heterocycles. The predicted molar refractivity (Wildman–Crippen MR) is 106 cm³/mol. The molecule has 1 saturated heterocycles. The Kier molecular flexibility index (Phi) is 6.40. The third kappa shape index (κ3) is 4.55. The first-order valence-electron chi connectivity index (χ1n) is 9.92. The van der Waals surface area contributed by atoms with Crippen LogP contribution in [0, 0.1) is 19.8 Å². The monoisotopic (exact) mass is 407 g/mol. The topological polar surface area (TPSA) is 86.8 Å². The average Bonchev–Trinajstić information content (AvgIpc) is 3.23. The summed E-state index contributed by atoms with van der Waals surface area (Å²) in [5, 5.41) is 2.74. The minimum atomic E-state index is -3.56. The lowest BCUT2D eigenvalue weighted by Gasteiger charge is -2.34. The standard InChI is InChI=1S/C20H29N3O4S/c1-15-7-8-18(13-16(15)2)28(26,27)23-11-9-22(10-12-23)19(24)14-21-20(25)17-5-3-4-6-17/h7-8,13,17H,3-6,9-12,14H2,1-2H3,(H,21,25). The zero-order valence-corrected chi connectivity index (χ0v) is 17.4. The molecule has 2 fully saturated rings. The van der Waals surface area contributed by atoms with E-state index in [4.69, 9.17) is 0 Å². The lowest BCUT2D eigenvalue weighted by atomic mass is 10.1. The second-order valence-corrected chi connectivity index (χ2v) is 9.67. The smallest absolute Gasteiger partial charge is 0.243 e. The van der Waals surface area contributed by atoms with E-state index in [1.54, 1.807) is 17.0 Å². The molecule has 1 aliphatic heterocycles. The van der Waals surface area contributed by atoms with Gasteiger partial charge in [0.25, 0.3) is 0 Å². The van der Waals surface area contributed by atoms with Crippen molar-refractivity contribution >= 4 is 21.8 Å². The summed E-state index contributed by atoms with van der Waals surface area (Å²) in [7, 11) is -3.56. The van der Waals surface area contributed by atoms with Gasteiger partial charge >= 0.3 is 0 Å². The lowest BCUT2D eigenvalue weighted by Crippen LogP contribution is -2.52. The van der Waals surface area contributed by atoms with Crippen molar-refractivity contribution in [3.8, 4) is 0 Å². The SMILES string of the molecule is Cc1ccc(S(=O)(=O)N2CCN(C(=O)CNC(=O)C3CCCC3)CC2)cc1C. The summed E-state index contributed by atoms with van der Waals surface area (Å²) >= 11 is 0. The highest BCUT2D eigenvalue weighted by Crippen LogP contribution is 2.24. The molecule has 3 rings (SSSR count). The van der Waals surface area contributed by atoms with Crippen LogP contribution in [0.15, 0.2) is 23.1 Å². The molecular formula is C20H29N3O4S. The lowest BCUT2D eigenvalue weighted by molar-refractivity contribution is -0.134. The molecule has 1 aromatic carbocycles. The molecule has 8 heteroatoms. The largest absolute Gasteiger partial charge is 0.347 e. The fraction of sp³-hybridized carbons (Fsp3) is 0.600. The number of nitrogens with one attached hydrogen (secondary N) is 1. The molecule has 0 atom stereocenters. The summed E-state index contributed by atoms with van der Waals surface area (Å²) in [5.41, 5.74) is 1.99. The Morgan fingerprint density at radius 3 is 2.29 bits per heavy atom. The van der Waals surface area contributed by atoms with Crippen molar-refractivity contribution in [1.29, 1.82) is 0 Å². The minimum absolute atomic E-state index is 0.0146. The van der Waals surface area contributed by atoms with Gasteiger partial charge in [0.2, 0.25) is 21.8 Å². The Labute approximate surface area is 167 Å². The molecule has 2 aliphatic rings. The molecule has 1 aliphatic carbocycles. The molecule has 0 unspecified atom stereocenters. The molecule has 1 saturated carbocycles. The average molecular weight is 408 g/mol. The van der Waals surface area contributed by atoms with Gasteiger partial charge in [0.05, 0.1) is 11.4 Å². The van der Waals surface area contributed by atoms with E-state index in [0.29, 0.717) is 18.0 Å². The molecule has 28 heavy (non-hydrogen) atoms. The van der Waals surface area contributed by atoms with Gasteiger partial charge in [-0.05, 0) is 49.9 Å². The number of benzene rings is 1. The number of carbonyl (C=O) groups is 2. The molecule has 1 N–H and O–H groups in total. The molecule has 154 valence electrons. The normalized spacial score (nSPS) is 19.0. The molecule has 0 radical (unpaired) electrons. The van der Waals surface area contributed by atoms with Crippen LogP contribution in [0.3, 0.4) is 0 Å². The first-order chi connectivity index (χ1) is 13.3. The summed E-state index contributed by atoms with van der Waals surface area (Å²) in [6.07, 6.45) is 3.94. The Hall–Kier alpha value is -1.93. The van der Waals surface area contributed by atoms with E-state index in [-0.39, 0.29) is 37.4 Å². The number of sulfonamides is 1. The Morgan fingerprint density at radius 1 is 1.04 bits per heavy atom. The van der Waals surface area contributed by atoms with Crippen LogP contribution in [0.4, 0.5) is 0 Å².